The Morgan fingerprint density at radius 1 is 1.20 bits per heavy atom. The van der Waals surface area contributed by atoms with Crippen LogP contribution in [0.3, 0.4) is 0 Å². The monoisotopic (exact) mass is 276 g/mol. The van der Waals surface area contributed by atoms with Gasteiger partial charge in [0.15, 0.2) is 0 Å². The lowest BCUT2D eigenvalue weighted by Crippen LogP contribution is -2.52. The third kappa shape index (κ3) is 2.49. The van der Waals surface area contributed by atoms with E-state index in [0.29, 0.717) is 11.3 Å². The zero-order valence-electron chi connectivity index (χ0n) is 11.4. The molecule has 2 amide bonds. The van der Waals surface area contributed by atoms with Crippen LogP contribution in [0.1, 0.15) is 18.4 Å². The molecule has 1 unspecified atom stereocenters. The highest BCUT2D eigenvalue weighted by molar-refractivity contribution is 6.02. The summed E-state index contributed by atoms with van der Waals surface area (Å²) in [7, 11) is 1.45. The van der Waals surface area contributed by atoms with Gasteiger partial charge in [-0.25, -0.2) is 0 Å². The van der Waals surface area contributed by atoms with Crippen molar-refractivity contribution in [2.75, 3.05) is 25.0 Å². The van der Waals surface area contributed by atoms with Crippen molar-refractivity contribution in [1.82, 2.24) is 4.90 Å². The van der Waals surface area contributed by atoms with Crippen molar-refractivity contribution >= 4 is 23.5 Å². The average molecular weight is 276 g/mol. The molecule has 1 aliphatic heterocycles. The molecule has 1 aromatic rings. The SMILES string of the molecule is CC(C(=O)O)c1ccccc1N1CC(=O)N(C)C(=O)C1. The lowest BCUT2D eigenvalue weighted by molar-refractivity contribution is -0.143. The van der Waals surface area contributed by atoms with Gasteiger partial charge in [-0.3, -0.25) is 19.3 Å². The van der Waals surface area contributed by atoms with E-state index in [1.165, 1.54) is 7.05 Å². The molecule has 1 aromatic carbocycles. The third-order valence-corrected chi connectivity index (χ3v) is 3.51. The van der Waals surface area contributed by atoms with Crippen molar-refractivity contribution in [3.05, 3.63) is 29.8 Å². The molecule has 1 saturated heterocycles. The summed E-state index contributed by atoms with van der Waals surface area (Å²) in [6.07, 6.45) is 0. The fraction of sp³-hybridized carbons (Fsp3) is 0.357. The van der Waals surface area contributed by atoms with E-state index in [1.54, 1.807) is 36.1 Å². The van der Waals surface area contributed by atoms with E-state index >= 15 is 0 Å². The van der Waals surface area contributed by atoms with Crippen LogP contribution in [-0.4, -0.2) is 47.9 Å². The number of aliphatic carboxylic acids is 1. The fourth-order valence-electron chi connectivity index (χ4n) is 2.18. The van der Waals surface area contributed by atoms with Crippen molar-refractivity contribution in [3.63, 3.8) is 0 Å². The van der Waals surface area contributed by atoms with Crippen LogP contribution in [0.4, 0.5) is 5.69 Å². The van der Waals surface area contributed by atoms with E-state index in [0.717, 1.165) is 4.90 Å². The lowest BCUT2D eigenvalue weighted by atomic mass is 9.98. The minimum atomic E-state index is -0.941. The predicted octanol–water partition coefficient (Wildman–Crippen LogP) is 0.680. The van der Waals surface area contributed by atoms with Crippen LogP contribution in [-0.2, 0) is 14.4 Å². The Labute approximate surface area is 116 Å². The molecule has 6 nitrogen and oxygen atoms in total. The molecule has 1 atom stereocenters. The van der Waals surface area contributed by atoms with E-state index in [2.05, 4.69) is 0 Å². The molecule has 2 rings (SSSR count). The minimum Gasteiger partial charge on any atom is -0.481 e. The summed E-state index contributed by atoms with van der Waals surface area (Å²) in [5, 5.41) is 9.14. The zero-order chi connectivity index (χ0) is 14.9. The third-order valence-electron chi connectivity index (χ3n) is 3.51. The van der Waals surface area contributed by atoms with Gasteiger partial charge in [-0.05, 0) is 18.6 Å². The molecular weight excluding hydrogens is 260 g/mol. The molecule has 0 radical (unpaired) electrons. The van der Waals surface area contributed by atoms with Crippen LogP contribution in [0, 0.1) is 0 Å². The second kappa shape index (κ2) is 5.32. The highest BCUT2D eigenvalue weighted by atomic mass is 16.4. The van der Waals surface area contributed by atoms with E-state index < -0.39 is 11.9 Å². The van der Waals surface area contributed by atoms with Crippen LogP contribution in [0.2, 0.25) is 0 Å². The average Bonchev–Trinajstić information content (AvgIpc) is 2.43. The summed E-state index contributed by atoms with van der Waals surface area (Å²) in [6.45, 7) is 1.73. The molecule has 1 N–H and O–H groups in total. The Morgan fingerprint density at radius 2 is 1.75 bits per heavy atom. The Morgan fingerprint density at radius 3 is 2.30 bits per heavy atom. The van der Waals surface area contributed by atoms with Gasteiger partial charge in [-0.15, -0.1) is 0 Å². The number of anilines is 1. The normalized spacial score (nSPS) is 17.3. The molecule has 0 aromatic heterocycles. The van der Waals surface area contributed by atoms with Gasteiger partial charge in [0.2, 0.25) is 11.8 Å². The number of imide groups is 1. The van der Waals surface area contributed by atoms with Gasteiger partial charge < -0.3 is 10.0 Å². The van der Waals surface area contributed by atoms with Gasteiger partial charge in [0, 0.05) is 12.7 Å². The quantitative estimate of drug-likeness (QED) is 0.821. The highest BCUT2D eigenvalue weighted by Crippen LogP contribution is 2.28. The Bertz CT molecular complexity index is 552. The predicted molar refractivity (Wildman–Crippen MR) is 72.5 cm³/mol. The van der Waals surface area contributed by atoms with Gasteiger partial charge >= 0.3 is 5.97 Å². The summed E-state index contributed by atoms with van der Waals surface area (Å²) in [6, 6.07) is 6.96. The highest BCUT2D eigenvalue weighted by Gasteiger charge is 2.30. The van der Waals surface area contributed by atoms with Crippen molar-refractivity contribution in [1.29, 1.82) is 0 Å². The first-order valence-corrected chi connectivity index (χ1v) is 6.28. The maximum absolute atomic E-state index is 11.8. The number of hydrogen-bond donors (Lipinski definition) is 1. The zero-order valence-corrected chi connectivity index (χ0v) is 11.4. The number of likely N-dealkylation sites (N-methyl/N-ethyl adjacent to an activating group) is 1. The number of carboxylic acid groups (broad SMARTS) is 1. The van der Waals surface area contributed by atoms with E-state index in [-0.39, 0.29) is 24.9 Å². The fourth-order valence-corrected chi connectivity index (χ4v) is 2.18. The van der Waals surface area contributed by atoms with E-state index in [4.69, 9.17) is 5.11 Å². The molecule has 0 spiro atoms. The first-order valence-electron chi connectivity index (χ1n) is 6.28. The van der Waals surface area contributed by atoms with Gasteiger partial charge in [0.05, 0.1) is 19.0 Å². The number of amides is 2. The van der Waals surface area contributed by atoms with Crippen LogP contribution >= 0.6 is 0 Å². The molecule has 1 fully saturated rings. The summed E-state index contributed by atoms with van der Waals surface area (Å²) in [4.78, 5) is 37.4. The Kier molecular flexibility index (Phi) is 3.74. The van der Waals surface area contributed by atoms with Crippen molar-refractivity contribution < 1.29 is 19.5 Å². The largest absolute Gasteiger partial charge is 0.481 e. The lowest BCUT2D eigenvalue weighted by Gasteiger charge is -2.33. The van der Waals surface area contributed by atoms with Crippen LogP contribution < -0.4 is 4.90 Å². The summed E-state index contributed by atoms with van der Waals surface area (Å²) in [5.41, 5.74) is 1.22. The van der Waals surface area contributed by atoms with Gasteiger partial charge in [-0.2, -0.15) is 0 Å². The Hall–Kier alpha value is -2.37. The maximum Gasteiger partial charge on any atom is 0.310 e. The van der Waals surface area contributed by atoms with Gasteiger partial charge in [0.1, 0.15) is 0 Å². The number of piperazine rings is 1. The van der Waals surface area contributed by atoms with Gasteiger partial charge in [-0.1, -0.05) is 18.2 Å². The number of rotatable bonds is 3. The number of carboxylic acids is 1. The second-order valence-corrected chi connectivity index (χ2v) is 4.82. The second-order valence-electron chi connectivity index (χ2n) is 4.82. The minimum absolute atomic E-state index is 0.0750. The number of para-hydroxylation sites is 1. The van der Waals surface area contributed by atoms with Crippen molar-refractivity contribution in [2.45, 2.75) is 12.8 Å². The molecule has 20 heavy (non-hydrogen) atoms. The molecule has 1 aliphatic rings. The first-order chi connectivity index (χ1) is 9.41. The molecule has 6 heteroatoms. The van der Waals surface area contributed by atoms with Crippen molar-refractivity contribution in [3.8, 4) is 0 Å². The van der Waals surface area contributed by atoms with E-state index in [1.807, 2.05) is 0 Å². The molecular formula is C14H16N2O4. The van der Waals surface area contributed by atoms with E-state index in [9.17, 15) is 14.4 Å². The summed E-state index contributed by atoms with van der Waals surface area (Å²) < 4.78 is 0. The number of benzene rings is 1. The van der Waals surface area contributed by atoms with Crippen LogP contribution in [0.15, 0.2) is 24.3 Å². The standard InChI is InChI=1S/C14H16N2O4/c1-9(14(19)20)10-5-3-4-6-11(10)16-7-12(17)15(2)13(18)8-16/h3-6,9H,7-8H2,1-2H3,(H,19,20). The first kappa shape index (κ1) is 14.0. The maximum atomic E-state index is 11.8. The number of nitrogens with zero attached hydrogens (tertiary/aromatic N) is 2. The smallest absolute Gasteiger partial charge is 0.310 e. The summed E-state index contributed by atoms with van der Waals surface area (Å²) >= 11 is 0. The van der Waals surface area contributed by atoms with Crippen molar-refractivity contribution in [2.24, 2.45) is 0 Å². The van der Waals surface area contributed by atoms with Crippen LogP contribution in [0.25, 0.3) is 0 Å². The van der Waals surface area contributed by atoms with Crippen LogP contribution in [0.5, 0.6) is 0 Å². The molecule has 106 valence electrons. The number of carbonyl (C=O) groups is 3. The molecule has 0 aliphatic carbocycles. The number of carbonyl (C=O) groups excluding carboxylic acids is 2. The Balaban J connectivity index is 2.36. The molecule has 0 saturated carbocycles. The molecule has 0 bridgehead atoms. The topological polar surface area (TPSA) is 77.9 Å². The summed E-state index contributed by atoms with van der Waals surface area (Å²) in [5.74, 6) is -2.22. The van der Waals surface area contributed by atoms with Gasteiger partial charge in [0.25, 0.3) is 0 Å². The number of hydrogen-bond acceptors (Lipinski definition) is 4. The molecule has 1 heterocycles.